The van der Waals surface area contributed by atoms with Gasteiger partial charge in [-0.25, -0.2) is 8.42 Å². The number of benzene rings is 1. The van der Waals surface area contributed by atoms with E-state index in [9.17, 15) is 13.2 Å². The van der Waals surface area contributed by atoms with E-state index in [4.69, 9.17) is 11.6 Å². The number of amides is 1. The van der Waals surface area contributed by atoms with Crippen LogP contribution in [0.25, 0.3) is 0 Å². The first-order valence-electron chi connectivity index (χ1n) is 7.56. The maximum Gasteiger partial charge on any atom is 0.270 e. The third-order valence-corrected chi connectivity index (χ3v) is 6.30. The van der Waals surface area contributed by atoms with Gasteiger partial charge in [0.1, 0.15) is 5.69 Å². The number of hydrogen-bond acceptors (Lipinski definition) is 3. The first-order valence-corrected chi connectivity index (χ1v) is 9.38. The highest BCUT2D eigenvalue weighted by Gasteiger charge is 2.30. The number of aromatic nitrogens is 1. The molecule has 8 heteroatoms. The number of piperazine rings is 1. The Hall–Kier alpha value is -1.83. The van der Waals surface area contributed by atoms with Crippen molar-refractivity contribution in [3.63, 3.8) is 0 Å². The van der Waals surface area contributed by atoms with Crippen LogP contribution in [-0.4, -0.2) is 54.3 Å². The van der Waals surface area contributed by atoms with Gasteiger partial charge < -0.3 is 9.47 Å². The van der Waals surface area contributed by atoms with Crippen molar-refractivity contribution in [2.45, 2.75) is 4.90 Å². The zero-order chi connectivity index (χ0) is 17.3. The van der Waals surface area contributed by atoms with Crippen molar-refractivity contribution in [1.82, 2.24) is 13.8 Å². The molecule has 0 atom stereocenters. The third-order valence-electron chi connectivity index (χ3n) is 4.14. The van der Waals surface area contributed by atoms with Gasteiger partial charge in [-0.1, -0.05) is 11.6 Å². The molecule has 24 heavy (non-hydrogen) atoms. The molecule has 0 saturated carbocycles. The summed E-state index contributed by atoms with van der Waals surface area (Å²) in [4.78, 5) is 14.4. The highest BCUT2D eigenvalue weighted by molar-refractivity contribution is 7.89. The fraction of sp³-hybridized carbons (Fsp3) is 0.312. The molecule has 1 aliphatic heterocycles. The van der Waals surface area contributed by atoms with Crippen LogP contribution in [0.5, 0.6) is 0 Å². The second kappa shape index (κ2) is 6.58. The van der Waals surface area contributed by atoms with Gasteiger partial charge in [0.25, 0.3) is 5.91 Å². The largest absolute Gasteiger partial charge is 0.347 e. The molecule has 0 N–H and O–H groups in total. The first kappa shape index (κ1) is 17.0. The van der Waals surface area contributed by atoms with Crippen LogP contribution < -0.4 is 0 Å². The Morgan fingerprint density at radius 2 is 1.67 bits per heavy atom. The van der Waals surface area contributed by atoms with Crippen LogP contribution in [0.4, 0.5) is 0 Å². The number of halogens is 1. The summed E-state index contributed by atoms with van der Waals surface area (Å²) in [5, 5.41) is 0.493. The standard InChI is InChI=1S/C16H18ClN3O3S/c1-18-8-2-3-15(18)16(21)19-9-11-20(12-10-19)24(22,23)14-6-4-13(17)5-7-14/h2-8H,9-12H2,1H3. The lowest BCUT2D eigenvalue weighted by atomic mass is 10.3. The molecule has 2 heterocycles. The second-order valence-corrected chi connectivity index (χ2v) is 8.03. The van der Waals surface area contributed by atoms with E-state index in [2.05, 4.69) is 0 Å². The van der Waals surface area contributed by atoms with Gasteiger partial charge in [0.05, 0.1) is 4.90 Å². The van der Waals surface area contributed by atoms with E-state index in [1.807, 2.05) is 19.3 Å². The van der Waals surface area contributed by atoms with Crippen LogP contribution in [0.1, 0.15) is 10.5 Å². The Bertz CT molecular complexity index is 838. The Labute approximate surface area is 146 Å². The number of aryl methyl sites for hydroxylation is 1. The van der Waals surface area contributed by atoms with Crippen LogP contribution in [0, 0.1) is 0 Å². The van der Waals surface area contributed by atoms with E-state index in [0.717, 1.165) is 0 Å². The van der Waals surface area contributed by atoms with Crippen molar-refractivity contribution in [2.75, 3.05) is 26.2 Å². The van der Waals surface area contributed by atoms with Crippen LogP contribution >= 0.6 is 11.6 Å². The van der Waals surface area contributed by atoms with Gasteiger partial charge in [-0.05, 0) is 36.4 Å². The van der Waals surface area contributed by atoms with Crippen LogP contribution in [-0.2, 0) is 17.1 Å². The second-order valence-electron chi connectivity index (χ2n) is 5.65. The molecular formula is C16H18ClN3O3S. The minimum absolute atomic E-state index is 0.0777. The lowest BCUT2D eigenvalue weighted by Crippen LogP contribution is -2.50. The van der Waals surface area contributed by atoms with Gasteiger partial charge in [0.15, 0.2) is 0 Å². The number of sulfonamides is 1. The molecule has 0 bridgehead atoms. The van der Waals surface area contributed by atoms with Gasteiger partial charge in [-0.3, -0.25) is 4.79 Å². The zero-order valence-electron chi connectivity index (χ0n) is 13.2. The fourth-order valence-corrected chi connectivity index (χ4v) is 4.28. The van der Waals surface area contributed by atoms with E-state index >= 15 is 0 Å². The molecule has 1 aliphatic rings. The van der Waals surface area contributed by atoms with Crippen molar-refractivity contribution in [3.8, 4) is 0 Å². The summed E-state index contributed by atoms with van der Waals surface area (Å²) in [5.41, 5.74) is 0.601. The van der Waals surface area contributed by atoms with Gasteiger partial charge in [0.2, 0.25) is 10.0 Å². The lowest BCUT2D eigenvalue weighted by Gasteiger charge is -2.34. The molecule has 1 amide bonds. The highest BCUT2D eigenvalue weighted by Crippen LogP contribution is 2.20. The maximum absolute atomic E-state index is 12.6. The first-order chi connectivity index (χ1) is 11.4. The smallest absolute Gasteiger partial charge is 0.270 e. The number of hydrogen-bond donors (Lipinski definition) is 0. The number of nitrogens with zero attached hydrogens (tertiary/aromatic N) is 3. The minimum Gasteiger partial charge on any atom is -0.347 e. The Morgan fingerprint density at radius 1 is 1.04 bits per heavy atom. The fourth-order valence-electron chi connectivity index (χ4n) is 2.73. The minimum atomic E-state index is -3.56. The number of carbonyl (C=O) groups excluding carboxylic acids is 1. The molecular weight excluding hydrogens is 350 g/mol. The molecule has 0 aliphatic carbocycles. The molecule has 1 aromatic carbocycles. The topological polar surface area (TPSA) is 62.6 Å². The summed E-state index contributed by atoms with van der Waals surface area (Å²) < 4.78 is 28.4. The molecule has 6 nitrogen and oxygen atoms in total. The van der Waals surface area contributed by atoms with E-state index in [-0.39, 0.29) is 23.9 Å². The van der Waals surface area contributed by atoms with E-state index < -0.39 is 10.0 Å². The van der Waals surface area contributed by atoms with Crippen molar-refractivity contribution >= 4 is 27.5 Å². The van der Waals surface area contributed by atoms with Crippen molar-refractivity contribution < 1.29 is 13.2 Å². The van der Waals surface area contributed by atoms with E-state index in [0.29, 0.717) is 23.8 Å². The number of rotatable bonds is 3. The molecule has 2 aromatic rings. The average Bonchev–Trinajstić information content (AvgIpc) is 3.01. The van der Waals surface area contributed by atoms with Gasteiger partial charge in [-0.15, -0.1) is 0 Å². The third kappa shape index (κ3) is 3.19. The van der Waals surface area contributed by atoms with Crippen LogP contribution in [0.15, 0.2) is 47.5 Å². The molecule has 1 saturated heterocycles. The normalized spacial score (nSPS) is 16.3. The summed E-state index contributed by atoms with van der Waals surface area (Å²) in [5.74, 6) is -0.0777. The Morgan fingerprint density at radius 3 is 2.21 bits per heavy atom. The summed E-state index contributed by atoms with van der Waals surface area (Å²) in [6.45, 7) is 1.30. The van der Waals surface area contributed by atoms with Crippen molar-refractivity contribution in [3.05, 3.63) is 53.3 Å². The quantitative estimate of drug-likeness (QED) is 0.831. The SMILES string of the molecule is Cn1cccc1C(=O)N1CCN(S(=O)(=O)c2ccc(Cl)cc2)CC1. The number of carbonyl (C=O) groups is 1. The maximum atomic E-state index is 12.6. The van der Waals surface area contributed by atoms with Crippen LogP contribution in [0.2, 0.25) is 5.02 Å². The Balaban J connectivity index is 1.69. The summed E-state index contributed by atoms with van der Waals surface area (Å²) in [6, 6.07) is 9.69. The van der Waals surface area contributed by atoms with Gasteiger partial charge in [-0.2, -0.15) is 4.31 Å². The highest BCUT2D eigenvalue weighted by atomic mass is 35.5. The predicted molar refractivity (Wildman–Crippen MR) is 91.5 cm³/mol. The molecule has 128 valence electrons. The molecule has 1 aromatic heterocycles. The zero-order valence-corrected chi connectivity index (χ0v) is 14.8. The summed E-state index contributed by atoms with van der Waals surface area (Å²) in [7, 11) is -1.74. The summed E-state index contributed by atoms with van der Waals surface area (Å²) in [6.07, 6.45) is 1.81. The van der Waals surface area contributed by atoms with Gasteiger partial charge >= 0.3 is 0 Å². The van der Waals surface area contributed by atoms with E-state index in [1.165, 1.54) is 16.4 Å². The van der Waals surface area contributed by atoms with Gasteiger partial charge in [0, 0.05) is 44.4 Å². The molecule has 3 rings (SSSR count). The Kier molecular flexibility index (Phi) is 4.67. The molecule has 0 spiro atoms. The summed E-state index contributed by atoms with van der Waals surface area (Å²) >= 11 is 5.81. The van der Waals surface area contributed by atoms with E-state index in [1.54, 1.807) is 27.7 Å². The lowest BCUT2D eigenvalue weighted by molar-refractivity contribution is 0.0688. The molecule has 0 radical (unpaired) electrons. The van der Waals surface area contributed by atoms with Crippen molar-refractivity contribution in [1.29, 1.82) is 0 Å². The molecule has 0 unspecified atom stereocenters. The predicted octanol–water partition coefficient (Wildman–Crippen LogP) is 1.83. The van der Waals surface area contributed by atoms with Crippen molar-refractivity contribution in [2.24, 2.45) is 7.05 Å². The van der Waals surface area contributed by atoms with Crippen LogP contribution in [0.3, 0.4) is 0 Å². The average molecular weight is 368 g/mol. The molecule has 1 fully saturated rings. The monoisotopic (exact) mass is 367 g/mol.